The fraction of sp³-hybridized carbons (Fsp3) is 0.364. The van der Waals surface area contributed by atoms with Crippen LogP contribution in [0.2, 0.25) is 15.1 Å². The van der Waals surface area contributed by atoms with E-state index in [1.807, 2.05) is 25.1 Å². The van der Waals surface area contributed by atoms with Crippen LogP contribution in [0.25, 0.3) is 0 Å². The van der Waals surface area contributed by atoms with E-state index in [0.717, 1.165) is 12.0 Å². The summed E-state index contributed by atoms with van der Waals surface area (Å²) in [5.41, 5.74) is 1.51. The van der Waals surface area contributed by atoms with Crippen molar-refractivity contribution in [3.63, 3.8) is 0 Å². The average molecular weight is 456 g/mol. The molecule has 0 radical (unpaired) electrons. The number of carbonyl (C=O) groups is 2. The molecule has 0 aromatic heterocycles. The Kier molecular flexibility index (Phi) is 9.28. The summed E-state index contributed by atoms with van der Waals surface area (Å²) in [6, 6.07) is 11.9. The van der Waals surface area contributed by atoms with Crippen molar-refractivity contribution in [1.82, 2.24) is 10.2 Å². The third-order valence-corrected chi connectivity index (χ3v) is 5.75. The zero-order valence-electron chi connectivity index (χ0n) is 16.6. The number of hydrogen-bond donors (Lipinski definition) is 1. The smallest absolute Gasteiger partial charge is 0.242 e. The van der Waals surface area contributed by atoms with Crippen molar-refractivity contribution in [3.05, 3.63) is 68.7 Å². The lowest BCUT2D eigenvalue weighted by atomic mass is 10.1. The van der Waals surface area contributed by atoms with Crippen LogP contribution in [0.1, 0.15) is 37.8 Å². The van der Waals surface area contributed by atoms with E-state index < -0.39 is 6.04 Å². The maximum atomic E-state index is 13.1. The van der Waals surface area contributed by atoms with Gasteiger partial charge in [0.15, 0.2) is 0 Å². The lowest BCUT2D eigenvalue weighted by Crippen LogP contribution is -2.47. The monoisotopic (exact) mass is 454 g/mol. The minimum absolute atomic E-state index is 0.153. The first kappa shape index (κ1) is 23.5. The van der Waals surface area contributed by atoms with E-state index in [-0.39, 0.29) is 24.8 Å². The van der Waals surface area contributed by atoms with E-state index >= 15 is 0 Å². The van der Waals surface area contributed by atoms with Crippen LogP contribution in [0.5, 0.6) is 0 Å². The first-order valence-corrected chi connectivity index (χ1v) is 10.7. The molecule has 0 aliphatic carbocycles. The van der Waals surface area contributed by atoms with Crippen LogP contribution in [-0.4, -0.2) is 29.3 Å². The normalized spacial score (nSPS) is 11.8. The summed E-state index contributed by atoms with van der Waals surface area (Å²) in [4.78, 5) is 27.2. The van der Waals surface area contributed by atoms with Crippen LogP contribution in [0.15, 0.2) is 42.5 Å². The molecule has 2 aromatic carbocycles. The van der Waals surface area contributed by atoms with Crippen molar-refractivity contribution in [2.45, 2.75) is 45.7 Å². The molecule has 1 N–H and O–H groups in total. The number of halogens is 3. The van der Waals surface area contributed by atoms with Crippen molar-refractivity contribution >= 4 is 46.6 Å². The van der Waals surface area contributed by atoms with E-state index in [1.165, 1.54) is 4.90 Å². The molecule has 0 saturated carbocycles. The molecule has 0 saturated heterocycles. The van der Waals surface area contributed by atoms with Gasteiger partial charge in [0.1, 0.15) is 6.04 Å². The summed E-state index contributed by atoms with van der Waals surface area (Å²) in [6.45, 7) is 4.39. The van der Waals surface area contributed by atoms with Gasteiger partial charge < -0.3 is 10.2 Å². The lowest BCUT2D eigenvalue weighted by molar-refractivity contribution is -0.140. The largest absolute Gasteiger partial charge is 0.354 e. The summed E-state index contributed by atoms with van der Waals surface area (Å²) in [5.74, 6) is -0.374. The predicted molar refractivity (Wildman–Crippen MR) is 120 cm³/mol. The van der Waals surface area contributed by atoms with Crippen LogP contribution in [0, 0.1) is 0 Å². The zero-order valence-corrected chi connectivity index (χ0v) is 18.8. The number of nitrogens with zero attached hydrogens (tertiary/aromatic N) is 1. The molecule has 0 fully saturated rings. The SMILES string of the molecule is CCCNC(=O)[C@@H](C)N(Cc1c(Cl)cccc1Cl)C(=O)CCc1ccccc1Cl. The quantitative estimate of drug-likeness (QED) is 0.541. The predicted octanol–water partition coefficient (Wildman–Crippen LogP) is 5.52. The van der Waals surface area contributed by atoms with Gasteiger partial charge in [0.2, 0.25) is 11.8 Å². The highest BCUT2D eigenvalue weighted by molar-refractivity contribution is 6.36. The van der Waals surface area contributed by atoms with Gasteiger partial charge in [0.25, 0.3) is 0 Å². The molecule has 0 aliphatic heterocycles. The number of aryl methyl sites for hydroxylation is 1. The van der Waals surface area contributed by atoms with Gasteiger partial charge in [-0.25, -0.2) is 0 Å². The molecule has 0 bridgehead atoms. The van der Waals surface area contributed by atoms with Crippen molar-refractivity contribution in [1.29, 1.82) is 0 Å². The summed E-state index contributed by atoms with van der Waals surface area (Å²) < 4.78 is 0. The number of hydrogen-bond acceptors (Lipinski definition) is 2. The Hall–Kier alpha value is -1.75. The number of benzene rings is 2. The molecule has 0 spiro atoms. The Balaban J connectivity index is 2.22. The van der Waals surface area contributed by atoms with Gasteiger partial charge in [-0.1, -0.05) is 66.0 Å². The lowest BCUT2D eigenvalue weighted by Gasteiger charge is -2.29. The van der Waals surface area contributed by atoms with Gasteiger partial charge in [0, 0.05) is 40.1 Å². The average Bonchev–Trinajstić information content (AvgIpc) is 2.70. The summed E-state index contributed by atoms with van der Waals surface area (Å²) in [5, 5.41) is 4.39. The molecular weight excluding hydrogens is 431 g/mol. The summed E-state index contributed by atoms with van der Waals surface area (Å²) in [7, 11) is 0. The molecule has 29 heavy (non-hydrogen) atoms. The molecule has 0 aliphatic rings. The number of rotatable bonds is 9. The van der Waals surface area contributed by atoms with Gasteiger partial charge in [0.05, 0.1) is 0 Å². The van der Waals surface area contributed by atoms with E-state index in [4.69, 9.17) is 34.8 Å². The Morgan fingerprint density at radius 2 is 1.62 bits per heavy atom. The van der Waals surface area contributed by atoms with E-state index in [0.29, 0.717) is 33.6 Å². The highest BCUT2D eigenvalue weighted by Gasteiger charge is 2.27. The van der Waals surface area contributed by atoms with E-state index in [1.54, 1.807) is 31.2 Å². The minimum atomic E-state index is -0.660. The molecule has 4 nitrogen and oxygen atoms in total. The van der Waals surface area contributed by atoms with Crippen molar-refractivity contribution in [3.8, 4) is 0 Å². The molecule has 2 aromatic rings. The van der Waals surface area contributed by atoms with Crippen LogP contribution >= 0.6 is 34.8 Å². The van der Waals surface area contributed by atoms with Crippen LogP contribution in [-0.2, 0) is 22.6 Å². The second-order valence-electron chi connectivity index (χ2n) is 6.78. The minimum Gasteiger partial charge on any atom is -0.354 e. The fourth-order valence-corrected chi connectivity index (χ4v) is 3.67. The van der Waals surface area contributed by atoms with Crippen molar-refractivity contribution in [2.75, 3.05) is 6.54 Å². The maximum absolute atomic E-state index is 13.1. The highest BCUT2D eigenvalue weighted by atomic mass is 35.5. The van der Waals surface area contributed by atoms with E-state index in [2.05, 4.69) is 5.32 Å². The van der Waals surface area contributed by atoms with Gasteiger partial charge in [-0.15, -0.1) is 0 Å². The molecule has 0 unspecified atom stereocenters. The highest BCUT2D eigenvalue weighted by Crippen LogP contribution is 2.27. The molecule has 2 rings (SSSR count). The van der Waals surface area contributed by atoms with Gasteiger partial charge in [-0.2, -0.15) is 0 Å². The fourth-order valence-electron chi connectivity index (χ4n) is 2.92. The van der Waals surface area contributed by atoms with Crippen LogP contribution in [0.3, 0.4) is 0 Å². The Labute approximate surface area is 187 Å². The molecule has 0 heterocycles. The van der Waals surface area contributed by atoms with Crippen LogP contribution in [0.4, 0.5) is 0 Å². The maximum Gasteiger partial charge on any atom is 0.242 e. The number of carbonyl (C=O) groups excluding carboxylic acids is 2. The van der Waals surface area contributed by atoms with Crippen molar-refractivity contribution in [2.24, 2.45) is 0 Å². The number of nitrogens with one attached hydrogen (secondary N) is 1. The van der Waals surface area contributed by atoms with E-state index in [9.17, 15) is 9.59 Å². The molecule has 2 amide bonds. The summed E-state index contributed by atoms with van der Waals surface area (Å²) in [6.07, 6.45) is 1.51. The molecule has 7 heteroatoms. The number of amides is 2. The first-order chi connectivity index (χ1) is 13.8. The zero-order chi connectivity index (χ0) is 21.4. The van der Waals surface area contributed by atoms with Gasteiger partial charge in [-0.3, -0.25) is 9.59 Å². The molecular formula is C22H25Cl3N2O2. The van der Waals surface area contributed by atoms with Gasteiger partial charge in [-0.05, 0) is 43.5 Å². The molecule has 156 valence electrons. The third kappa shape index (κ3) is 6.63. The second-order valence-corrected chi connectivity index (χ2v) is 8.00. The first-order valence-electron chi connectivity index (χ1n) is 9.58. The summed E-state index contributed by atoms with van der Waals surface area (Å²) >= 11 is 18.8. The van der Waals surface area contributed by atoms with Crippen molar-refractivity contribution < 1.29 is 9.59 Å². The van der Waals surface area contributed by atoms with Gasteiger partial charge >= 0.3 is 0 Å². The Bertz CT molecular complexity index is 837. The Morgan fingerprint density at radius 3 is 2.24 bits per heavy atom. The topological polar surface area (TPSA) is 49.4 Å². The van der Waals surface area contributed by atoms with Crippen LogP contribution < -0.4 is 5.32 Å². The standard InChI is InChI=1S/C22H25Cl3N2O2/c1-3-13-26-22(29)15(2)27(14-17-19(24)9-6-10-20(17)25)21(28)12-11-16-7-4-5-8-18(16)23/h4-10,15H,3,11-14H2,1-2H3,(H,26,29)/t15-/m1/s1. The second kappa shape index (κ2) is 11.4. The Morgan fingerprint density at radius 1 is 1.00 bits per heavy atom. The third-order valence-electron chi connectivity index (χ3n) is 4.67. The molecule has 1 atom stereocenters.